The molecular weight excluding hydrogens is 325 g/mol. The normalized spacial score (nSPS) is 15.6. The van der Waals surface area contributed by atoms with Crippen molar-refractivity contribution in [1.82, 2.24) is 9.88 Å². The number of carbonyl (C=O) groups is 1. The van der Waals surface area contributed by atoms with Gasteiger partial charge in [-0.05, 0) is 38.0 Å². The molecule has 0 spiro atoms. The summed E-state index contributed by atoms with van der Waals surface area (Å²) >= 11 is 1.70. The van der Waals surface area contributed by atoms with Crippen LogP contribution in [0, 0.1) is 12.7 Å². The maximum atomic E-state index is 14.1. The van der Waals surface area contributed by atoms with Crippen LogP contribution in [0.3, 0.4) is 0 Å². The van der Waals surface area contributed by atoms with Crippen molar-refractivity contribution in [2.75, 3.05) is 32.1 Å². The Balaban J connectivity index is 1.66. The zero-order valence-electron chi connectivity index (χ0n) is 14.3. The average molecular weight is 347 g/mol. The minimum absolute atomic E-state index is 0.0898. The van der Waals surface area contributed by atoms with E-state index in [9.17, 15) is 9.18 Å². The van der Waals surface area contributed by atoms with Crippen molar-refractivity contribution < 1.29 is 9.18 Å². The van der Waals surface area contributed by atoms with Crippen molar-refractivity contribution in [2.45, 2.75) is 25.7 Å². The summed E-state index contributed by atoms with van der Waals surface area (Å²) in [5, 5.41) is 3.24. The second-order valence-corrected chi connectivity index (χ2v) is 7.34. The van der Waals surface area contributed by atoms with Gasteiger partial charge in [0, 0.05) is 49.7 Å². The van der Waals surface area contributed by atoms with Gasteiger partial charge in [0.1, 0.15) is 5.82 Å². The largest absolute Gasteiger partial charge is 0.375 e. The van der Waals surface area contributed by atoms with Crippen LogP contribution in [-0.4, -0.2) is 43.0 Å². The molecule has 1 saturated heterocycles. The molecule has 1 fully saturated rings. The standard InChI is InChI=1S/C18H22FN3OS/c1-12-11-24-17(20-12)13-6-8-22(9-7-13)18(23)14-4-5-16(21(2)3)15(19)10-14/h4-5,10-11,13H,6-9H2,1-3H3. The summed E-state index contributed by atoms with van der Waals surface area (Å²) in [6.45, 7) is 3.39. The Bertz CT molecular complexity index is 736. The van der Waals surface area contributed by atoms with Crippen molar-refractivity contribution in [3.63, 3.8) is 0 Å². The van der Waals surface area contributed by atoms with E-state index in [4.69, 9.17) is 0 Å². The Morgan fingerprint density at radius 1 is 1.33 bits per heavy atom. The van der Waals surface area contributed by atoms with E-state index < -0.39 is 0 Å². The first-order chi connectivity index (χ1) is 11.5. The van der Waals surface area contributed by atoms with Crippen molar-refractivity contribution in [2.24, 2.45) is 0 Å². The molecule has 0 saturated carbocycles. The molecule has 0 unspecified atom stereocenters. The Kier molecular flexibility index (Phi) is 4.85. The number of aryl methyl sites for hydroxylation is 1. The summed E-state index contributed by atoms with van der Waals surface area (Å²) < 4.78 is 14.1. The number of amides is 1. The van der Waals surface area contributed by atoms with Crippen LogP contribution in [0.2, 0.25) is 0 Å². The highest BCUT2D eigenvalue weighted by Gasteiger charge is 2.26. The zero-order valence-corrected chi connectivity index (χ0v) is 15.1. The Morgan fingerprint density at radius 2 is 2.04 bits per heavy atom. The van der Waals surface area contributed by atoms with Gasteiger partial charge in [-0.15, -0.1) is 11.3 Å². The molecule has 3 rings (SSSR count). The van der Waals surface area contributed by atoms with E-state index in [1.807, 2.05) is 11.8 Å². The quantitative estimate of drug-likeness (QED) is 0.850. The van der Waals surface area contributed by atoms with E-state index in [0.717, 1.165) is 18.5 Å². The number of likely N-dealkylation sites (tertiary alicyclic amines) is 1. The van der Waals surface area contributed by atoms with E-state index in [1.54, 1.807) is 42.5 Å². The molecule has 2 aromatic rings. The lowest BCUT2D eigenvalue weighted by atomic mass is 9.97. The molecule has 0 aliphatic carbocycles. The molecule has 0 atom stereocenters. The third-order valence-corrected chi connectivity index (χ3v) is 5.57. The molecule has 128 valence electrons. The van der Waals surface area contributed by atoms with E-state index >= 15 is 0 Å². The minimum Gasteiger partial charge on any atom is -0.375 e. The number of carbonyl (C=O) groups excluding carboxylic acids is 1. The van der Waals surface area contributed by atoms with E-state index in [1.165, 1.54) is 11.1 Å². The second kappa shape index (κ2) is 6.89. The van der Waals surface area contributed by atoms with Crippen LogP contribution in [0.25, 0.3) is 0 Å². The minimum atomic E-state index is -0.362. The monoisotopic (exact) mass is 347 g/mol. The fourth-order valence-electron chi connectivity index (χ4n) is 3.07. The molecule has 1 aromatic carbocycles. The number of piperidine rings is 1. The number of rotatable bonds is 3. The molecule has 2 heterocycles. The lowest BCUT2D eigenvalue weighted by molar-refractivity contribution is 0.0712. The maximum absolute atomic E-state index is 14.1. The number of hydrogen-bond acceptors (Lipinski definition) is 4. The highest BCUT2D eigenvalue weighted by atomic mass is 32.1. The summed E-state index contributed by atoms with van der Waals surface area (Å²) in [6.07, 6.45) is 1.83. The molecule has 6 heteroatoms. The van der Waals surface area contributed by atoms with Crippen molar-refractivity contribution in [3.05, 3.63) is 45.7 Å². The lowest BCUT2D eigenvalue weighted by Gasteiger charge is -2.31. The lowest BCUT2D eigenvalue weighted by Crippen LogP contribution is -2.38. The highest BCUT2D eigenvalue weighted by Crippen LogP contribution is 2.31. The summed E-state index contributed by atoms with van der Waals surface area (Å²) in [5.74, 6) is -0.0208. The van der Waals surface area contributed by atoms with Gasteiger partial charge in [0.05, 0.1) is 10.7 Å². The van der Waals surface area contributed by atoms with Gasteiger partial charge in [0.15, 0.2) is 0 Å². The highest BCUT2D eigenvalue weighted by molar-refractivity contribution is 7.09. The summed E-state index contributed by atoms with van der Waals surface area (Å²) in [4.78, 5) is 20.7. The van der Waals surface area contributed by atoms with Gasteiger partial charge in [-0.25, -0.2) is 9.37 Å². The molecule has 1 aromatic heterocycles. The fourth-order valence-corrected chi connectivity index (χ4v) is 4.04. The van der Waals surface area contributed by atoms with Gasteiger partial charge in [-0.1, -0.05) is 0 Å². The topological polar surface area (TPSA) is 36.4 Å². The fraction of sp³-hybridized carbons (Fsp3) is 0.444. The van der Waals surface area contributed by atoms with E-state index in [2.05, 4.69) is 10.4 Å². The van der Waals surface area contributed by atoms with Crippen LogP contribution in [0.5, 0.6) is 0 Å². The third kappa shape index (κ3) is 3.43. The predicted octanol–water partition coefficient (Wildman–Crippen LogP) is 3.68. The van der Waals surface area contributed by atoms with Gasteiger partial charge in [-0.3, -0.25) is 4.79 Å². The Labute approximate surface area is 145 Å². The van der Waals surface area contributed by atoms with Gasteiger partial charge in [-0.2, -0.15) is 0 Å². The maximum Gasteiger partial charge on any atom is 0.253 e. The SMILES string of the molecule is Cc1csc(C2CCN(C(=O)c3ccc(N(C)C)c(F)c3)CC2)n1. The number of benzene rings is 1. The van der Waals surface area contributed by atoms with E-state index in [0.29, 0.717) is 30.3 Å². The molecule has 24 heavy (non-hydrogen) atoms. The predicted molar refractivity (Wildman–Crippen MR) is 95.5 cm³/mol. The second-order valence-electron chi connectivity index (χ2n) is 6.45. The Morgan fingerprint density at radius 3 is 2.58 bits per heavy atom. The van der Waals surface area contributed by atoms with Gasteiger partial charge in [0.25, 0.3) is 5.91 Å². The molecular formula is C18H22FN3OS. The number of aromatic nitrogens is 1. The van der Waals surface area contributed by atoms with Crippen LogP contribution in [0.1, 0.15) is 39.8 Å². The number of anilines is 1. The summed E-state index contributed by atoms with van der Waals surface area (Å²) in [5.41, 5.74) is 1.97. The summed E-state index contributed by atoms with van der Waals surface area (Å²) in [7, 11) is 3.57. The molecule has 0 radical (unpaired) electrons. The molecule has 1 aliphatic rings. The molecule has 0 N–H and O–H groups in total. The van der Waals surface area contributed by atoms with Crippen molar-refractivity contribution >= 4 is 22.9 Å². The number of nitrogens with zero attached hydrogens (tertiary/aromatic N) is 3. The van der Waals surface area contributed by atoms with Gasteiger partial charge < -0.3 is 9.80 Å². The Hall–Kier alpha value is -1.95. The van der Waals surface area contributed by atoms with Crippen LogP contribution < -0.4 is 4.90 Å². The number of thiazole rings is 1. The van der Waals surface area contributed by atoms with Crippen LogP contribution in [0.4, 0.5) is 10.1 Å². The first-order valence-corrected chi connectivity index (χ1v) is 9.02. The number of halogens is 1. The average Bonchev–Trinajstić information content (AvgIpc) is 3.00. The van der Waals surface area contributed by atoms with Gasteiger partial charge in [0.2, 0.25) is 0 Å². The smallest absolute Gasteiger partial charge is 0.253 e. The van der Waals surface area contributed by atoms with Crippen LogP contribution in [0.15, 0.2) is 23.6 Å². The molecule has 1 amide bonds. The van der Waals surface area contributed by atoms with Crippen LogP contribution in [-0.2, 0) is 0 Å². The van der Waals surface area contributed by atoms with Crippen LogP contribution >= 0.6 is 11.3 Å². The molecule has 1 aliphatic heterocycles. The molecule has 0 bridgehead atoms. The first kappa shape index (κ1) is 16.9. The third-order valence-electron chi connectivity index (χ3n) is 4.44. The van der Waals surface area contributed by atoms with Gasteiger partial charge >= 0.3 is 0 Å². The zero-order chi connectivity index (χ0) is 17.3. The summed E-state index contributed by atoms with van der Waals surface area (Å²) in [6, 6.07) is 4.71. The molecule has 4 nitrogen and oxygen atoms in total. The van der Waals surface area contributed by atoms with E-state index in [-0.39, 0.29) is 11.7 Å². The van der Waals surface area contributed by atoms with Crippen molar-refractivity contribution in [3.8, 4) is 0 Å². The number of hydrogen-bond donors (Lipinski definition) is 0. The first-order valence-electron chi connectivity index (χ1n) is 8.14. The van der Waals surface area contributed by atoms with Crippen molar-refractivity contribution in [1.29, 1.82) is 0 Å².